The maximum atomic E-state index is 5.81. The van der Waals surface area contributed by atoms with Gasteiger partial charge in [0.05, 0.1) is 6.61 Å². The molecule has 2 aromatic rings. The van der Waals surface area contributed by atoms with E-state index in [0.717, 1.165) is 36.8 Å². The zero-order valence-corrected chi connectivity index (χ0v) is 14.9. The minimum Gasteiger partial charge on any atom is -0.494 e. The summed E-state index contributed by atoms with van der Waals surface area (Å²) in [6.07, 6.45) is 4.90. The van der Waals surface area contributed by atoms with Crippen LogP contribution < -0.4 is 14.8 Å². The second-order valence-corrected chi connectivity index (χ2v) is 6.03. The summed E-state index contributed by atoms with van der Waals surface area (Å²) in [6, 6.07) is 16.2. The first-order valence-corrected chi connectivity index (χ1v) is 8.94. The number of anilines is 1. The van der Waals surface area contributed by atoms with E-state index in [1.807, 2.05) is 30.3 Å². The van der Waals surface area contributed by atoms with Crippen molar-refractivity contribution in [1.29, 1.82) is 0 Å². The molecule has 130 valence electrons. The molecule has 0 bridgehead atoms. The van der Waals surface area contributed by atoms with E-state index < -0.39 is 0 Å². The monoisotopic (exact) mass is 327 g/mol. The van der Waals surface area contributed by atoms with Crippen molar-refractivity contribution in [1.82, 2.24) is 0 Å². The number of rotatable bonds is 11. The number of ether oxygens (including phenoxy) is 2. The minimum absolute atomic E-state index is 0.630. The van der Waals surface area contributed by atoms with Crippen molar-refractivity contribution >= 4 is 5.69 Å². The van der Waals surface area contributed by atoms with Gasteiger partial charge < -0.3 is 14.8 Å². The van der Waals surface area contributed by atoms with Gasteiger partial charge in [0.1, 0.15) is 18.1 Å². The van der Waals surface area contributed by atoms with Crippen LogP contribution in [0.5, 0.6) is 11.5 Å². The molecule has 0 saturated carbocycles. The molecule has 0 aliphatic rings. The Balaban J connectivity index is 1.67. The van der Waals surface area contributed by atoms with Gasteiger partial charge in [0.25, 0.3) is 0 Å². The van der Waals surface area contributed by atoms with Crippen molar-refractivity contribution < 1.29 is 9.47 Å². The lowest BCUT2D eigenvalue weighted by molar-refractivity contribution is 0.305. The molecule has 0 spiro atoms. The quantitative estimate of drug-likeness (QED) is 0.557. The molecule has 0 aliphatic carbocycles. The zero-order chi connectivity index (χ0) is 17.0. The molecule has 0 heterocycles. The van der Waals surface area contributed by atoms with Crippen LogP contribution >= 0.6 is 0 Å². The van der Waals surface area contributed by atoms with Crippen molar-refractivity contribution in [2.45, 2.75) is 39.5 Å². The Morgan fingerprint density at radius 1 is 0.833 bits per heavy atom. The highest BCUT2D eigenvalue weighted by atomic mass is 16.5. The van der Waals surface area contributed by atoms with Gasteiger partial charge in [0, 0.05) is 18.3 Å². The molecular formula is C21H29NO2. The summed E-state index contributed by atoms with van der Waals surface area (Å²) in [7, 11) is 0. The Kier molecular flexibility index (Phi) is 8.02. The third kappa shape index (κ3) is 6.95. The van der Waals surface area contributed by atoms with Crippen LogP contribution in [0.1, 0.15) is 38.2 Å². The number of unbranched alkanes of at least 4 members (excludes halogenated alkanes) is 3. The molecule has 2 aromatic carbocycles. The van der Waals surface area contributed by atoms with Gasteiger partial charge in [-0.3, -0.25) is 0 Å². The first-order chi connectivity index (χ1) is 11.8. The molecule has 0 fully saturated rings. The summed E-state index contributed by atoms with van der Waals surface area (Å²) >= 11 is 0. The fraction of sp³-hybridized carbons (Fsp3) is 0.429. The average Bonchev–Trinajstić information content (AvgIpc) is 2.60. The first-order valence-electron chi connectivity index (χ1n) is 8.94. The summed E-state index contributed by atoms with van der Waals surface area (Å²) in [6.45, 7) is 6.47. The van der Waals surface area contributed by atoms with E-state index in [-0.39, 0.29) is 0 Å². The maximum absolute atomic E-state index is 5.81. The molecule has 0 atom stereocenters. The zero-order valence-electron chi connectivity index (χ0n) is 14.9. The van der Waals surface area contributed by atoms with Gasteiger partial charge in [0.15, 0.2) is 0 Å². The molecule has 3 nitrogen and oxygen atoms in total. The van der Waals surface area contributed by atoms with Crippen LogP contribution in [0.15, 0.2) is 48.5 Å². The van der Waals surface area contributed by atoms with Gasteiger partial charge >= 0.3 is 0 Å². The number of nitrogens with one attached hydrogen (secondary N) is 1. The highest BCUT2D eigenvalue weighted by Gasteiger charge is 1.98. The average molecular weight is 327 g/mol. The summed E-state index contributed by atoms with van der Waals surface area (Å²) in [5.74, 6) is 1.84. The molecule has 2 rings (SSSR count). The molecule has 3 heteroatoms. The van der Waals surface area contributed by atoms with E-state index in [9.17, 15) is 0 Å². The normalized spacial score (nSPS) is 10.4. The van der Waals surface area contributed by atoms with Crippen molar-refractivity contribution in [3.8, 4) is 11.5 Å². The van der Waals surface area contributed by atoms with Gasteiger partial charge in [-0.2, -0.15) is 0 Å². The SMILES string of the molecule is CCCCCCOc1cccc(NCCOc2ccc(C)cc2)c1. The van der Waals surface area contributed by atoms with Gasteiger partial charge in [-0.1, -0.05) is 49.9 Å². The van der Waals surface area contributed by atoms with Crippen molar-refractivity contribution in [3.63, 3.8) is 0 Å². The van der Waals surface area contributed by atoms with Crippen LogP contribution in [0.25, 0.3) is 0 Å². The number of hydrogen-bond donors (Lipinski definition) is 1. The minimum atomic E-state index is 0.630. The van der Waals surface area contributed by atoms with Crippen LogP contribution in [0.3, 0.4) is 0 Å². The van der Waals surface area contributed by atoms with Gasteiger partial charge in [-0.25, -0.2) is 0 Å². The summed E-state index contributed by atoms with van der Waals surface area (Å²) in [5.41, 5.74) is 2.31. The lowest BCUT2D eigenvalue weighted by atomic mass is 10.2. The lowest BCUT2D eigenvalue weighted by Gasteiger charge is -2.11. The number of hydrogen-bond acceptors (Lipinski definition) is 3. The van der Waals surface area contributed by atoms with Gasteiger partial charge in [0.2, 0.25) is 0 Å². The van der Waals surface area contributed by atoms with E-state index in [0.29, 0.717) is 6.61 Å². The van der Waals surface area contributed by atoms with Gasteiger partial charge in [-0.15, -0.1) is 0 Å². The Morgan fingerprint density at radius 3 is 2.42 bits per heavy atom. The molecule has 1 N–H and O–H groups in total. The summed E-state index contributed by atoms with van der Waals surface area (Å²) < 4.78 is 11.5. The van der Waals surface area contributed by atoms with Crippen LogP contribution in [-0.4, -0.2) is 19.8 Å². The van der Waals surface area contributed by atoms with E-state index in [2.05, 4.69) is 37.4 Å². The predicted molar refractivity (Wildman–Crippen MR) is 101 cm³/mol. The molecule has 0 radical (unpaired) electrons. The van der Waals surface area contributed by atoms with E-state index in [4.69, 9.17) is 9.47 Å². The Labute approximate surface area is 146 Å². The van der Waals surface area contributed by atoms with E-state index >= 15 is 0 Å². The Bertz CT molecular complexity index is 581. The second-order valence-electron chi connectivity index (χ2n) is 6.03. The highest BCUT2D eigenvalue weighted by molar-refractivity contribution is 5.48. The summed E-state index contributed by atoms with van der Waals surface area (Å²) in [5, 5.41) is 3.37. The first kappa shape index (κ1) is 18.2. The molecule has 0 amide bonds. The molecule has 0 unspecified atom stereocenters. The van der Waals surface area contributed by atoms with Crippen molar-refractivity contribution in [3.05, 3.63) is 54.1 Å². The van der Waals surface area contributed by atoms with Crippen LogP contribution in [0.2, 0.25) is 0 Å². The smallest absolute Gasteiger partial charge is 0.121 e. The second kappa shape index (κ2) is 10.6. The molecule has 0 aromatic heterocycles. The summed E-state index contributed by atoms with van der Waals surface area (Å²) in [4.78, 5) is 0. The third-order valence-corrected chi connectivity index (χ3v) is 3.82. The van der Waals surface area contributed by atoms with E-state index in [1.54, 1.807) is 0 Å². The Morgan fingerprint density at radius 2 is 1.62 bits per heavy atom. The number of benzene rings is 2. The Hall–Kier alpha value is -2.16. The van der Waals surface area contributed by atoms with Crippen molar-refractivity contribution in [2.75, 3.05) is 25.1 Å². The fourth-order valence-electron chi connectivity index (χ4n) is 2.41. The topological polar surface area (TPSA) is 30.5 Å². The standard InChI is InChI=1S/C21H29NO2/c1-3-4-5-6-15-23-21-9-7-8-19(17-21)22-14-16-24-20-12-10-18(2)11-13-20/h7-13,17,22H,3-6,14-16H2,1-2H3. The van der Waals surface area contributed by atoms with Crippen molar-refractivity contribution in [2.24, 2.45) is 0 Å². The molecule has 24 heavy (non-hydrogen) atoms. The van der Waals surface area contributed by atoms with Gasteiger partial charge in [-0.05, 0) is 37.6 Å². The fourth-order valence-corrected chi connectivity index (χ4v) is 2.41. The van der Waals surface area contributed by atoms with Crippen LogP contribution in [0, 0.1) is 6.92 Å². The molecule has 0 aliphatic heterocycles. The molecule has 0 saturated heterocycles. The maximum Gasteiger partial charge on any atom is 0.121 e. The predicted octanol–water partition coefficient (Wildman–Crippen LogP) is 5.45. The number of aryl methyl sites for hydroxylation is 1. The largest absolute Gasteiger partial charge is 0.494 e. The van der Waals surface area contributed by atoms with Crippen LogP contribution in [0.4, 0.5) is 5.69 Å². The van der Waals surface area contributed by atoms with E-state index in [1.165, 1.54) is 24.8 Å². The van der Waals surface area contributed by atoms with Crippen LogP contribution in [-0.2, 0) is 0 Å². The molecular weight excluding hydrogens is 298 g/mol. The lowest BCUT2D eigenvalue weighted by Crippen LogP contribution is -2.11. The highest BCUT2D eigenvalue weighted by Crippen LogP contribution is 2.18. The third-order valence-electron chi connectivity index (χ3n) is 3.82.